The lowest BCUT2D eigenvalue weighted by atomic mass is 10.2. The molecular weight excluding hydrogens is 369 g/mol. The van der Waals surface area contributed by atoms with Crippen LogP contribution in [0.1, 0.15) is 65.2 Å². The molecule has 0 saturated carbocycles. The highest BCUT2D eigenvalue weighted by Gasteiger charge is 2.44. The molecule has 1 rings (SSSR count). The Morgan fingerprint density at radius 1 is 0.583 bits per heavy atom. The third kappa shape index (κ3) is 8.88. The highest BCUT2D eigenvalue weighted by atomic mass is 28.5. The molecule has 0 radical (unpaired) electrons. The summed E-state index contributed by atoms with van der Waals surface area (Å²) in [7, 11) is -7.55. The molecule has 0 N–H and O–H groups in total. The molecule has 0 bridgehead atoms. The molecule has 1 saturated heterocycles. The molecule has 8 heteroatoms. The Bertz CT molecular complexity index is 302. The van der Waals surface area contributed by atoms with Crippen LogP contribution in [0, 0.1) is 0 Å². The summed E-state index contributed by atoms with van der Waals surface area (Å²) in [5, 5.41) is 0. The summed E-state index contributed by atoms with van der Waals surface area (Å²) in [6.45, 7) is 13.3. The van der Waals surface area contributed by atoms with E-state index in [4.69, 9.17) is 16.5 Å². The van der Waals surface area contributed by atoms with Gasteiger partial charge in [-0.15, -0.1) is 0 Å². The van der Waals surface area contributed by atoms with Gasteiger partial charge >= 0.3 is 35.7 Å². The molecular formula is C16H40O4Si4. The maximum atomic E-state index is 6.48. The van der Waals surface area contributed by atoms with Crippen molar-refractivity contribution in [3.8, 4) is 0 Å². The van der Waals surface area contributed by atoms with E-state index in [1.54, 1.807) is 0 Å². The van der Waals surface area contributed by atoms with E-state index in [-0.39, 0.29) is 0 Å². The monoisotopic (exact) mass is 408 g/mol. The molecule has 4 nitrogen and oxygen atoms in total. The Morgan fingerprint density at radius 2 is 0.917 bits per heavy atom. The smallest absolute Gasteiger partial charge is 0.316 e. The second-order valence-electron chi connectivity index (χ2n) is 7.50. The molecule has 0 unspecified atom stereocenters. The van der Waals surface area contributed by atoms with Crippen molar-refractivity contribution in [1.29, 1.82) is 0 Å². The molecule has 0 amide bonds. The van der Waals surface area contributed by atoms with Crippen molar-refractivity contribution in [1.82, 2.24) is 0 Å². The van der Waals surface area contributed by atoms with Gasteiger partial charge in [-0.05, 0) is 38.3 Å². The zero-order valence-electron chi connectivity index (χ0n) is 16.9. The number of hydrogen-bond acceptors (Lipinski definition) is 4. The van der Waals surface area contributed by atoms with E-state index in [9.17, 15) is 0 Å². The van der Waals surface area contributed by atoms with E-state index < -0.39 is 35.7 Å². The number of unbranched alkanes of at least 4 members (excludes halogenated alkanes) is 6. The normalized spacial score (nSPS) is 34.8. The highest BCUT2D eigenvalue weighted by Crippen LogP contribution is 2.28. The average molecular weight is 409 g/mol. The van der Waals surface area contributed by atoms with Gasteiger partial charge in [0.05, 0.1) is 0 Å². The summed E-state index contributed by atoms with van der Waals surface area (Å²) in [6, 6.07) is 2.17. The second-order valence-corrected chi connectivity index (χ2v) is 19.1. The van der Waals surface area contributed by atoms with Gasteiger partial charge in [-0.1, -0.05) is 65.2 Å². The van der Waals surface area contributed by atoms with Crippen LogP contribution < -0.4 is 0 Å². The van der Waals surface area contributed by atoms with Gasteiger partial charge in [0, 0.05) is 0 Å². The topological polar surface area (TPSA) is 36.9 Å². The van der Waals surface area contributed by atoms with Crippen LogP contribution in [-0.4, -0.2) is 35.7 Å². The molecule has 0 aromatic rings. The summed E-state index contributed by atoms with van der Waals surface area (Å²) < 4.78 is 25.9. The van der Waals surface area contributed by atoms with Crippen molar-refractivity contribution >= 4 is 35.7 Å². The van der Waals surface area contributed by atoms with Gasteiger partial charge in [-0.2, -0.15) is 0 Å². The SMILES string of the molecule is CCCCCC[Si]1(C)O[SiH](C)O[Si](C)(CCCCCC)O[SiH](C)O1. The Morgan fingerprint density at radius 3 is 1.21 bits per heavy atom. The van der Waals surface area contributed by atoms with Crippen LogP contribution in [-0.2, 0) is 16.5 Å². The summed E-state index contributed by atoms with van der Waals surface area (Å²) in [4.78, 5) is 0. The van der Waals surface area contributed by atoms with Crippen LogP contribution >= 0.6 is 0 Å². The summed E-state index contributed by atoms with van der Waals surface area (Å²) in [6.07, 6.45) is 10.1. The lowest BCUT2D eigenvalue weighted by molar-refractivity contribution is 0.255. The Balaban J connectivity index is 2.56. The van der Waals surface area contributed by atoms with Crippen molar-refractivity contribution < 1.29 is 16.5 Å². The molecule has 1 aliphatic heterocycles. The quantitative estimate of drug-likeness (QED) is 0.373. The largest absolute Gasteiger partial charge is 0.418 e. The third-order valence-electron chi connectivity index (χ3n) is 4.63. The van der Waals surface area contributed by atoms with Crippen LogP contribution in [0.5, 0.6) is 0 Å². The van der Waals surface area contributed by atoms with Crippen LogP contribution in [0.3, 0.4) is 0 Å². The fourth-order valence-electron chi connectivity index (χ4n) is 3.49. The van der Waals surface area contributed by atoms with Gasteiger partial charge in [-0.3, -0.25) is 0 Å². The van der Waals surface area contributed by atoms with E-state index in [2.05, 4.69) is 40.0 Å². The summed E-state index contributed by atoms with van der Waals surface area (Å²) >= 11 is 0. The zero-order chi connectivity index (χ0) is 18.1. The Kier molecular flexibility index (Phi) is 10.8. The molecule has 24 heavy (non-hydrogen) atoms. The number of hydrogen-bond donors (Lipinski definition) is 0. The predicted molar refractivity (Wildman–Crippen MR) is 112 cm³/mol. The molecule has 1 fully saturated rings. The van der Waals surface area contributed by atoms with E-state index in [0.717, 1.165) is 12.1 Å². The van der Waals surface area contributed by atoms with Crippen molar-refractivity contribution in [2.24, 2.45) is 0 Å². The molecule has 0 aromatic carbocycles. The maximum Gasteiger partial charge on any atom is 0.316 e. The molecule has 0 spiro atoms. The first-order chi connectivity index (χ1) is 11.3. The molecule has 1 heterocycles. The van der Waals surface area contributed by atoms with E-state index in [1.807, 2.05) is 0 Å². The molecule has 0 aliphatic carbocycles. The standard InChI is InChI=1S/C16H40O4Si4/c1-7-9-11-13-15-23(5)17-21(3)19-24(6,20-22(4)18-23)16-14-12-10-8-2/h21-22H,7-16H2,1-6H3. The lowest BCUT2D eigenvalue weighted by Gasteiger charge is -2.41. The minimum atomic E-state index is -2.11. The van der Waals surface area contributed by atoms with Gasteiger partial charge in [0.2, 0.25) is 0 Å². The molecule has 1 aliphatic rings. The number of rotatable bonds is 10. The third-order valence-corrected chi connectivity index (χ3v) is 20.4. The van der Waals surface area contributed by atoms with Crippen molar-refractivity contribution in [3.63, 3.8) is 0 Å². The minimum Gasteiger partial charge on any atom is -0.418 e. The molecule has 0 aromatic heterocycles. The lowest BCUT2D eigenvalue weighted by Crippen LogP contribution is -2.57. The Labute approximate surface area is 155 Å². The van der Waals surface area contributed by atoms with E-state index in [1.165, 1.54) is 51.4 Å². The Hall–Kier alpha value is 0.708. The van der Waals surface area contributed by atoms with Gasteiger partial charge in [0.15, 0.2) is 0 Å². The van der Waals surface area contributed by atoms with Crippen LogP contribution in [0.4, 0.5) is 0 Å². The van der Waals surface area contributed by atoms with Gasteiger partial charge in [0.25, 0.3) is 0 Å². The summed E-state index contributed by atoms with van der Waals surface area (Å²) in [5.74, 6) is 0. The zero-order valence-corrected chi connectivity index (χ0v) is 21.2. The fourth-order valence-corrected chi connectivity index (χ4v) is 21.1. The first kappa shape index (κ1) is 22.7. The van der Waals surface area contributed by atoms with Crippen LogP contribution in [0.2, 0.25) is 38.3 Å². The van der Waals surface area contributed by atoms with Gasteiger partial charge in [0.1, 0.15) is 0 Å². The van der Waals surface area contributed by atoms with Crippen molar-refractivity contribution in [2.45, 2.75) is 103 Å². The first-order valence-corrected chi connectivity index (χ1v) is 19.3. The molecule has 144 valence electrons. The van der Waals surface area contributed by atoms with Gasteiger partial charge in [-0.25, -0.2) is 0 Å². The van der Waals surface area contributed by atoms with Crippen LogP contribution in [0.15, 0.2) is 0 Å². The van der Waals surface area contributed by atoms with E-state index in [0.29, 0.717) is 0 Å². The first-order valence-electron chi connectivity index (χ1n) is 10.0. The maximum absolute atomic E-state index is 6.48. The van der Waals surface area contributed by atoms with Crippen molar-refractivity contribution in [2.75, 3.05) is 0 Å². The minimum absolute atomic E-state index is 1.09. The molecule has 0 atom stereocenters. The second kappa shape index (κ2) is 11.4. The predicted octanol–water partition coefficient (Wildman–Crippen LogP) is 5.07. The highest BCUT2D eigenvalue weighted by molar-refractivity contribution is 6.85. The average Bonchev–Trinajstić information content (AvgIpc) is 2.46. The summed E-state index contributed by atoms with van der Waals surface area (Å²) in [5.41, 5.74) is 0. The van der Waals surface area contributed by atoms with E-state index >= 15 is 0 Å². The van der Waals surface area contributed by atoms with Crippen molar-refractivity contribution in [3.05, 3.63) is 0 Å². The van der Waals surface area contributed by atoms with Gasteiger partial charge < -0.3 is 16.5 Å². The van der Waals surface area contributed by atoms with Crippen LogP contribution in [0.25, 0.3) is 0 Å². The fraction of sp³-hybridized carbons (Fsp3) is 1.00.